The molecule has 21 heavy (non-hydrogen) atoms. The van der Waals surface area contributed by atoms with Crippen LogP contribution in [0.15, 0.2) is 42.5 Å². The van der Waals surface area contributed by atoms with E-state index in [1.54, 1.807) is 0 Å². The maximum atomic E-state index is 11.0. The van der Waals surface area contributed by atoms with Crippen LogP contribution in [0.1, 0.15) is 5.56 Å². The minimum absolute atomic E-state index is 0.0265. The van der Waals surface area contributed by atoms with Crippen LogP contribution in [0.2, 0.25) is 5.15 Å². The highest BCUT2D eigenvalue weighted by molar-refractivity contribution is 6.34. The Balaban J connectivity index is 1.98. The second-order valence-electron chi connectivity index (χ2n) is 4.52. The van der Waals surface area contributed by atoms with Gasteiger partial charge in [-0.2, -0.15) is 5.10 Å². The number of rotatable bonds is 4. The van der Waals surface area contributed by atoms with Gasteiger partial charge >= 0.3 is 0 Å². The Bertz CT molecular complexity index is 801. The van der Waals surface area contributed by atoms with Crippen molar-refractivity contribution >= 4 is 33.9 Å². The van der Waals surface area contributed by atoms with Crippen molar-refractivity contribution in [2.24, 2.45) is 0 Å². The predicted molar refractivity (Wildman–Crippen MR) is 81.5 cm³/mol. The molecule has 106 valence electrons. The number of hydrogen-bond donors (Lipinski definition) is 2. The van der Waals surface area contributed by atoms with Gasteiger partial charge in [0.2, 0.25) is 0 Å². The Morgan fingerprint density at radius 3 is 2.76 bits per heavy atom. The zero-order valence-electron chi connectivity index (χ0n) is 10.8. The average Bonchev–Trinajstić information content (AvgIpc) is 2.87. The van der Waals surface area contributed by atoms with Crippen LogP contribution in [0.25, 0.3) is 10.9 Å². The molecule has 0 aliphatic rings. The molecule has 6 nitrogen and oxygen atoms in total. The lowest BCUT2D eigenvalue weighted by molar-refractivity contribution is -0.384. The molecule has 2 aromatic carbocycles. The lowest BCUT2D eigenvalue weighted by Crippen LogP contribution is -2.01. The third kappa shape index (κ3) is 2.66. The molecular weight excluding hydrogens is 292 g/mol. The van der Waals surface area contributed by atoms with E-state index in [0.717, 1.165) is 5.56 Å². The lowest BCUT2D eigenvalue weighted by atomic mass is 10.2. The predicted octanol–water partition coefficient (Wildman–Crippen LogP) is 3.74. The minimum Gasteiger partial charge on any atom is -0.379 e. The van der Waals surface area contributed by atoms with Gasteiger partial charge in [0.05, 0.1) is 10.6 Å². The molecule has 0 spiro atoms. The minimum atomic E-state index is -0.448. The average molecular weight is 303 g/mol. The first-order chi connectivity index (χ1) is 10.1. The van der Waals surface area contributed by atoms with Crippen LogP contribution >= 0.6 is 11.6 Å². The van der Waals surface area contributed by atoms with E-state index in [4.69, 9.17) is 11.6 Å². The van der Waals surface area contributed by atoms with Crippen LogP contribution in [0.3, 0.4) is 0 Å². The molecule has 0 saturated carbocycles. The van der Waals surface area contributed by atoms with Gasteiger partial charge in [-0.05, 0) is 5.56 Å². The molecule has 1 aromatic heterocycles. The van der Waals surface area contributed by atoms with E-state index in [1.807, 2.05) is 30.3 Å². The summed E-state index contributed by atoms with van der Waals surface area (Å²) in [6, 6.07) is 12.6. The van der Waals surface area contributed by atoms with Crippen LogP contribution in [0.5, 0.6) is 0 Å². The molecule has 0 radical (unpaired) electrons. The van der Waals surface area contributed by atoms with Gasteiger partial charge in [-0.1, -0.05) is 41.9 Å². The normalized spacial score (nSPS) is 10.7. The molecule has 0 bridgehead atoms. The number of nitro groups is 1. The van der Waals surface area contributed by atoms with Crippen molar-refractivity contribution in [3.63, 3.8) is 0 Å². The van der Waals surface area contributed by atoms with Crippen LogP contribution < -0.4 is 5.32 Å². The number of hydrogen-bond acceptors (Lipinski definition) is 4. The lowest BCUT2D eigenvalue weighted by Gasteiger charge is -2.07. The monoisotopic (exact) mass is 302 g/mol. The highest BCUT2D eigenvalue weighted by Crippen LogP contribution is 2.32. The fraction of sp³-hybridized carbons (Fsp3) is 0.0714. The molecule has 0 unspecified atom stereocenters. The Kier molecular flexibility index (Phi) is 3.45. The number of nitrogens with one attached hydrogen (secondary N) is 2. The SMILES string of the molecule is O=[N+]([O-])c1cc(NCc2ccccc2)c2n[nH]c(Cl)c2c1. The van der Waals surface area contributed by atoms with Crippen molar-refractivity contribution in [1.29, 1.82) is 0 Å². The number of aromatic nitrogens is 2. The van der Waals surface area contributed by atoms with Gasteiger partial charge in [-0.15, -0.1) is 0 Å². The van der Waals surface area contributed by atoms with Gasteiger partial charge in [0.1, 0.15) is 10.7 Å². The summed E-state index contributed by atoms with van der Waals surface area (Å²) in [5.41, 5.74) is 2.20. The highest BCUT2D eigenvalue weighted by Gasteiger charge is 2.15. The summed E-state index contributed by atoms with van der Waals surface area (Å²) in [5, 5.41) is 21.7. The fourth-order valence-corrected chi connectivity index (χ4v) is 2.29. The summed E-state index contributed by atoms with van der Waals surface area (Å²) in [6.45, 7) is 0.543. The molecule has 7 heteroatoms. The van der Waals surface area contributed by atoms with Crippen molar-refractivity contribution in [3.8, 4) is 0 Å². The standard InChI is InChI=1S/C14H11ClN4O2/c15-14-11-6-10(19(20)21)7-12(13(11)17-18-14)16-8-9-4-2-1-3-5-9/h1-7,16H,8H2,(H,17,18). The smallest absolute Gasteiger partial charge is 0.272 e. The Hall–Kier alpha value is -2.60. The molecule has 1 heterocycles. The number of aromatic amines is 1. The number of nitro benzene ring substituents is 1. The van der Waals surface area contributed by atoms with Crippen LogP contribution in [-0.2, 0) is 6.54 Å². The first-order valence-corrected chi connectivity index (χ1v) is 6.63. The van der Waals surface area contributed by atoms with Gasteiger partial charge in [0.15, 0.2) is 0 Å². The third-order valence-electron chi connectivity index (χ3n) is 3.13. The largest absolute Gasteiger partial charge is 0.379 e. The van der Waals surface area contributed by atoms with Crippen LogP contribution in [0.4, 0.5) is 11.4 Å². The third-order valence-corrected chi connectivity index (χ3v) is 3.42. The topological polar surface area (TPSA) is 83.8 Å². The molecule has 0 amide bonds. The molecule has 0 saturated heterocycles. The summed E-state index contributed by atoms with van der Waals surface area (Å²) < 4.78 is 0. The summed E-state index contributed by atoms with van der Waals surface area (Å²) in [7, 11) is 0. The molecule has 3 aromatic rings. The van der Waals surface area contributed by atoms with Crippen molar-refractivity contribution < 1.29 is 4.92 Å². The van der Waals surface area contributed by atoms with Gasteiger partial charge in [-0.3, -0.25) is 15.2 Å². The van der Waals surface area contributed by atoms with Crippen molar-refractivity contribution in [2.75, 3.05) is 5.32 Å². The van der Waals surface area contributed by atoms with Gasteiger partial charge in [0, 0.05) is 24.1 Å². The fourth-order valence-electron chi connectivity index (χ4n) is 2.11. The van der Waals surface area contributed by atoms with Gasteiger partial charge < -0.3 is 5.32 Å². The second kappa shape index (κ2) is 5.41. The Morgan fingerprint density at radius 2 is 2.05 bits per heavy atom. The van der Waals surface area contributed by atoms with Gasteiger partial charge in [-0.25, -0.2) is 0 Å². The first kappa shape index (κ1) is 13.4. The number of anilines is 1. The maximum absolute atomic E-state index is 11.0. The summed E-state index contributed by atoms with van der Waals surface area (Å²) in [4.78, 5) is 10.6. The van der Waals surface area contributed by atoms with E-state index in [0.29, 0.717) is 23.1 Å². The molecule has 0 fully saturated rings. The van der Waals surface area contributed by atoms with Crippen molar-refractivity contribution in [1.82, 2.24) is 10.2 Å². The van der Waals surface area contributed by atoms with E-state index in [-0.39, 0.29) is 10.8 Å². The Morgan fingerprint density at radius 1 is 1.29 bits per heavy atom. The van der Waals surface area contributed by atoms with Crippen molar-refractivity contribution in [2.45, 2.75) is 6.54 Å². The van der Waals surface area contributed by atoms with Crippen LogP contribution in [-0.4, -0.2) is 15.1 Å². The maximum Gasteiger partial charge on any atom is 0.272 e. The first-order valence-electron chi connectivity index (χ1n) is 6.25. The number of H-pyrrole nitrogens is 1. The quantitative estimate of drug-likeness (QED) is 0.568. The Labute approximate surface area is 124 Å². The summed E-state index contributed by atoms with van der Waals surface area (Å²) >= 11 is 5.97. The molecule has 0 aliphatic carbocycles. The zero-order valence-corrected chi connectivity index (χ0v) is 11.6. The molecule has 0 aliphatic heterocycles. The number of non-ortho nitro benzene ring substituents is 1. The molecular formula is C14H11ClN4O2. The number of halogens is 1. The highest BCUT2D eigenvalue weighted by atomic mass is 35.5. The number of nitrogens with zero attached hydrogens (tertiary/aromatic N) is 2. The number of fused-ring (bicyclic) bond motifs is 1. The number of benzene rings is 2. The molecule has 2 N–H and O–H groups in total. The van der Waals surface area contributed by atoms with Crippen molar-refractivity contribution in [3.05, 3.63) is 63.3 Å². The summed E-state index contributed by atoms with van der Waals surface area (Å²) in [5.74, 6) is 0. The van der Waals surface area contributed by atoms with E-state index in [9.17, 15) is 10.1 Å². The zero-order chi connectivity index (χ0) is 14.8. The summed E-state index contributed by atoms with van der Waals surface area (Å²) in [6.07, 6.45) is 0. The van der Waals surface area contributed by atoms with E-state index in [2.05, 4.69) is 15.5 Å². The van der Waals surface area contributed by atoms with Gasteiger partial charge in [0.25, 0.3) is 5.69 Å². The van der Waals surface area contributed by atoms with Crippen LogP contribution in [0, 0.1) is 10.1 Å². The van der Waals surface area contributed by atoms with E-state index in [1.165, 1.54) is 12.1 Å². The second-order valence-corrected chi connectivity index (χ2v) is 4.90. The van der Waals surface area contributed by atoms with E-state index >= 15 is 0 Å². The molecule has 3 rings (SSSR count). The molecule has 0 atom stereocenters. The van der Waals surface area contributed by atoms with E-state index < -0.39 is 4.92 Å².